The summed E-state index contributed by atoms with van der Waals surface area (Å²) in [7, 11) is -3.66. The highest BCUT2D eigenvalue weighted by Gasteiger charge is 2.20. The van der Waals surface area contributed by atoms with Crippen molar-refractivity contribution in [3.8, 4) is 0 Å². The van der Waals surface area contributed by atoms with E-state index in [1.54, 1.807) is 19.1 Å². The molecule has 0 atom stereocenters. The average Bonchev–Trinajstić information content (AvgIpc) is 2.62. The Bertz CT molecular complexity index is 880. The minimum atomic E-state index is -3.66. The number of aryl methyl sites for hydroxylation is 1. The van der Waals surface area contributed by atoms with Crippen LogP contribution >= 0.6 is 0 Å². The predicted molar refractivity (Wildman–Crippen MR) is 101 cm³/mol. The van der Waals surface area contributed by atoms with Crippen molar-refractivity contribution in [3.63, 3.8) is 0 Å². The van der Waals surface area contributed by atoms with Crippen molar-refractivity contribution in [2.75, 3.05) is 44.2 Å². The fourth-order valence-electron chi connectivity index (χ4n) is 3.21. The van der Waals surface area contributed by atoms with Crippen LogP contribution in [0.25, 0.3) is 0 Å². The molecule has 2 aromatic rings. The summed E-state index contributed by atoms with van der Waals surface area (Å²) in [6.07, 6.45) is 0. The summed E-state index contributed by atoms with van der Waals surface area (Å²) in [6.45, 7) is 5.66. The first-order valence-electron chi connectivity index (χ1n) is 8.84. The average molecular weight is 395 g/mol. The standard InChI is InChI=1S/C19H23F2N3O2S/c1-15-14-17(21)4-7-19(15)27(25,26)22-8-9-23-10-12-24(13-11-23)18-5-2-16(20)3-6-18/h2-7,14,22H,8-13H2,1H3. The highest BCUT2D eigenvalue weighted by Crippen LogP contribution is 2.17. The van der Waals surface area contributed by atoms with Crippen molar-refractivity contribution in [3.05, 3.63) is 59.7 Å². The van der Waals surface area contributed by atoms with Gasteiger partial charge in [-0.05, 0) is 55.0 Å². The summed E-state index contributed by atoms with van der Waals surface area (Å²) < 4.78 is 53.5. The number of hydrogen-bond donors (Lipinski definition) is 1. The Labute approximate surface area is 158 Å². The number of sulfonamides is 1. The van der Waals surface area contributed by atoms with Gasteiger partial charge in [0.05, 0.1) is 4.90 Å². The van der Waals surface area contributed by atoms with Crippen molar-refractivity contribution in [2.24, 2.45) is 0 Å². The first-order chi connectivity index (χ1) is 12.8. The van der Waals surface area contributed by atoms with Crippen LogP contribution in [0.3, 0.4) is 0 Å². The van der Waals surface area contributed by atoms with Crippen LogP contribution in [-0.4, -0.2) is 52.6 Å². The maximum absolute atomic E-state index is 13.2. The fraction of sp³-hybridized carbons (Fsp3) is 0.368. The second-order valence-corrected chi connectivity index (χ2v) is 8.35. The predicted octanol–water partition coefficient (Wildman–Crippen LogP) is 2.37. The Kier molecular flexibility index (Phi) is 6.08. The van der Waals surface area contributed by atoms with Gasteiger partial charge in [-0.1, -0.05) is 0 Å². The fourth-order valence-corrected chi connectivity index (χ4v) is 4.46. The lowest BCUT2D eigenvalue weighted by molar-refractivity contribution is 0.262. The number of benzene rings is 2. The third kappa shape index (κ3) is 5.03. The molecule has 0 saturated carbocycles. The van der Waals surface area contributed by atoms with Crippen molar-refractivity contribution in [2.45, 2.75) is 11.8 Å². The van der Waals surface area contributed by atoms with Gasteiger partial charge in [-0.15, -0.1) is 0 Å². The van der Waals surface area contributed by atoms with Crippen LogP contribution in [-0.2, 0) is 10.0 Å². The summed E-state index contributed by atoms with van der Waals surface area (Å²) in [5, 5.41) is 0. The maximum Gasteiger partial charge on any atom is 0.240 e. The summed E-state index contributed by atoms with van der Waals surface area (Å²) in [5.74, 6) is -0.702. The SMILES string of the molecule is Cc1cc(F)ccc1S(=O)(=O)NCCN1CCN(c2ccc(F)cc2)CC1. The third-order valence-electron chi connectivity index (χ3n) is 4.71. The van der Waals surface area contributed by atoms with Crippen molar-refractivity contribution >= 4 is 15.7 Å². The largest absolute Gasteiger partial charge is 0.369 e. The molecule has 2 aromatic carbocycles. The molecule has 27 heavy (non-hydrogen) atoms. The van der Waals surface area contributed by atoms with Crippen LogP contribution in [0.1, 0.15) is 5.56 Å². The van der Waals surface area contributed by atoms with Gasteiger partial charge in [0.15, 0.2) is 0 Å². The molecule has 0 radical (unpaired) electrons. The molecule has 1 saturated heterocycles. The van der Waals surface area contributed by atoms with E-state index in [0.717, 1.165) is 37.9 Å². The lowest BCUT2D eigenvalue weighted by atomic mass is 10.2. The van der Waals surface area contributed by atoms with E-state index in [1.807, 2.05) is 0 Å². The summed E-state index contributed by atoms with van der Waals surface area (Å²) in [5.41, 5.74) is 1.37. The summed E-state index contributed by atoms with van der Waals surface area (Å²) in [6, 6.07) is 10.1. The van der Waals surface area contributed by atoms with Crippen LogP contribution in [0.15, 0.2) is 47.4 Å². The van der Waals surface area contributed by atoms with E-state index < -0.39 is 15.8 Å². The zero-order valence-electron chi connectivity index (χ0n) is 15.2. The Hall–Kier alpha value is -2.03. The lowest BCUT2D eigenvalue weighted by Crippen LogP contribution is -2.48. The Morgan fingerprint density at radius 3 is 2.22 bits per heavy atom. The van der Waals surface area contributed by atoms with E-state index in [9.17, 15) is 17.2 Å². The smallest absolute Gasteiger partial charge is 0.240 e. The van der Waals surface area contributed by atoms with Gasteiger partial charge in [-0.25, -0.2) is 21.9 Å². The molecule has 0 bridgehead atoms. The molecule has 5 nitrogen and oxygen atoms in total. The second-order valence-electron chi connectivity index (χ2n) is 6.61. The molecular weight excluding hydrogens is 372 g/mol. The van der Waals surface area contributed by atoms with Crippen LogP contribution in [0.4, 0.5) is 14.5 Å². The Morgan fingerprint density at radius 1 is 0.963 bits per heavy atom. The monoisotopic (exact) mass is 395 g/mol. The van der Waals surface area contributed by atoms with E-state index >= 15 is 0 Å². The zero-order chi connectivity index (χ0) is 19.4. The number of nitrogens with one attached hydrogen (secondary N) is 1. The van der Waals surface area contributed by atoms with Gasteiger partial charge in [-0.3, -0.25) is 4.90 Å². The zero-order valence-corrected chi connectivity index (χ0v) is 16.0. The summed E-state index contributed by atoms with van der Waals surface area (Å²) >= 11 is 0. The molecule has 1 aliphatic heterocycles. The molecule has 8 heteroatoms. The van der Waals surface area contributed by atoms with Crippen molar-refractivity contribution in [1.82, 2.24) is 9.62 Å². The number of rotatable bonds is 6. The third-order valence-corrected chi connectivity index (χ3v) is 6.33. The van der Waals surface area contributed by atoms with E-state index in [1.165, 1.54) is 24.3 Å². The quantitative estimate of drug-likeness (QED) is 0.816. The highest BCUT2D eigenvalue weighted by molar-refractivity contribution is 7.89. The van der Waals surface area contributed by atoms with Gasteiger partial charge in [-0.2, -0.15) is 0 Å². The van der Waals surface area contributed by atoms with Gasteiger partial charge < -0.3 is 4.90 Å². The lowest BCUT2D eigenvalue weighted by Gasteiger charge is -2.36. The van der Waals surface area contributed by atoms with E-state index in [2.05, 4.69) is 14.5 Å². The molecule has 0 aromatic heterocycles. The second kappa shape index (κ2) is 8.33. The summed E-state index contributed by atoms with van der Waals surface area (Å²) in [4.78, 5) is 4.47. The molecule has 0 aliphatic carbocycles. The molecular formula is C19H23F2N3O2S. The molecule has 146 valence electrons. The van der Waals surface area contributed by atoms with Crippen molar-refractivity contribution < 1.29 is 17.2 Å². The van der Waals surface area contributed by atoms with E-state index in [0.29, 0.717) is 12.1 Å². The van der Waals surface area contributed by atoms with E-state index in [-0.39, 0.29) is 17.3 Å². The molecule has 0 amide bonds. The van der Waals surface area contributed by atoms with Crippen molar-refractivity contribution in [1.29, 1.82) is 0 Å². The number of nitrogens with zero attached hydrogens (tertiary/aromatic N) is 2. The van der Waals surface area contributed by atoms with Crippen LogP contribution < -0.4 is 9.62 Å². The number of anilines is 1. The molecule has 1 fully saturated rings. The van der Waals surface area contributed by atoms with Gasteiger partial charge in [0.2, 0.25) is 10.0 Å². The number of hydrogen-bond acceptors (Lipinski definition) is 4. The van der Waals surface area contributed by atoms with Gasteiger partial charge in [0.25, 0.3) is 0 Å². The first kappa shape index (κ1) is 19.7. The Balaban J connectivity index is 1.48. The van der Waals surface area contributed by atoms with Gasteiger partial charge >= 0.3 is 0 Å². The minimum absolute atomic E-state index is 0.102. The molecule has 1 N–H and O–H groups in total. The molecule has 1 heterocycles. The minimum Gasteiger partial charge on any atom is -0.369 e. The van der Waals surface area contributed by atoms with Crippen LogP contribution in [0.2, 0.25) is 0 Å². The topological polar surface area (TPSA) is 52.7 Å². The Morgan fingerprint density at radius 2 is 1.59 bits per heavy atom. The first-order valence-corrected chi connectivity index (χ1v) is 10.3. The van der Waals surface area contributed by atoms with Gasteiger partial charge in [0.1, 0.15) is 11.6 Å². The van der Waals surface area contributed by atoms with Crippen LogP contribution in [0.5, 0.6) is 0 Å². The number of halogens is 2. The highest BCUT2D eigenvalue weighted by atomic mass is 32.2. The van der Waals surface area contributed by atoms with Gasteiger partial charge in [0, 0.05) is 45.0 Å². The van der Waals surface area contributed by atoms with Crippen LogP contribution in [0, 0.1) is 18.6 Å². The molecule has 3 rings (SSSR count). The molecule has 0 spiro atoms. The van der Waals surface area contributed by atoms with E-state index in [4.69, 9.17) is 0 Å². The number of piperazine rings is 1. The maximum atomic E-state index is 13.2. The molecule has 1 aliphatic rings. The normalized spacial score (nSPS) is 15.9. The molecule has 0 unspecified atom stereocenters.